The van der Waals surface area contributed by atoms with E-state index >= 15 is 0 Å². The van der Waals surface area contributed by atoms with Crippen molar-refractivity contribution in [2.45, 2.75) is 19.5 Å². The topological polar surface area (TPSA) is 67.2 Å². The second-order valence-electron chi connectivity index (χ2n) is 4.23. The van der Waals surface area contributed by atoms with Crippen molar-refractivity contribution < 1.29 is 9.59 Å². The zero-order chi connectivity index (χ0) is 13.0. The third-order valence-corrected chi connectivity index (χ3v) is 3.50. The average molecular weight is 268 g/mol. The third-order valence-electron chi connectivity index (χ3n) is 2.61. The molecule has 2 rings (SSSR count). The largest absolute Gasteiger partial charge is 0.350 e. The zero-order valence-corrected chi connectivity index (χ0v) is 11.0. The Balaban J connectivity index is 1.75. The highest BCUT2D eigenvalue weighted by atomic mass is 32.2. The molecule has 0 unspecified atom stereocenters. The monoisotopic (exact) mass is 268 g/mol. The van der Waals surface area contributed by atoms with Gasteiger partial charge in [0, 0.05) is 30.7 Å². The maximum absolute atomic E-state index is 11.7. The molecule has 1 aromatic rings. The van der Waals surface area contributed by atoms with E-state index < -0.39 is 0 Å². The van der Waals surface area contributed by atoms with E-state index in [1.165, 1.54) is 11.8 Å². The molecule has 7 heteroatoms. The molecule has 0 aromatic carbocycles. The van der Waals surface area contributed by atoms with Crippen molar-refractivity contribution in [3.05, 3.63) is 18.5 Å². The van der Waals surface area contributed by atoms with E-state index in [2.05, 4.69) is 10.4 Å². The van der Waals surface area contributed by atoms with Crippen molar-refractivity contribution in [3.63, 3.8) is 0 Å². The van der Waals surface area contributed by atoms with E-state index in [1.807, 2.05) is 19.2 Å². The highest BCUT2D eigenvalue weighted by Crippen LogP contribution is 2.16. The molecule has 6 nitrogen and oxygen atoms in total. The number of nitrogens with one attached hydrogen (secondary N) is 1. The van der Waals surface area contributed by atoms with Gasteiger partial charge in [-0.2, -0.15) is 5.10 Å². The molecule has 0 bridgehead atoms. The number of carbonyl (C=O) groups excluding carboxylic acids is 2. The minimum Gasteiger partial charge on any atom is -0.350 e. The molecule has 1 fully saturated rings. The van der Waals surface area contributed by atoms with E-state index in [9.17, 15) is 9.59 Å². The second kappa shape index (κ2) is 5.90. The summed E-state index contributed by atoms with van der Waals surface area (Å²) in [6, 6.07) is 1.83. The Morgan fingerprint density at radius 3 is 3.11 bits per heavy atom. The Morgan fingerprint density at radius 1 is 1.67 bits per heavy atom. The molecule has 1 saturated heterocycles. The van der Waals surface area contributed by atoms with E-state index in [1.54, 1.807) is 15.8 Å². The molecule has 0 saturated carbocycles. The Bertz CT molecular complexity index is 421. The first kappa shape index (κ1) is 12.9. The van der Waals surface area contributed by atoms with Crippen LogP contribution in [0.25, 0.3) is 0 Å². The fourth-order valence-corrected chi connectivity index (χ4v) is 2.62. The van der Waals surface area contributed by atoms with Gasteiger partial charge in [0.25, 0.3) is 5.24 Å². The fraction of sp³-hybridized carbons (Fsp3) is 0.545. The minimum absolute atomic E-state index is 0.00937. The third kappa shape index (κ3) is 3.49. The van der Waals surface area contributed by atoms with Gasteiger partial charge in [-0.3, -0.25) is 14.3 Å². The second-order valence-corrected chi connectivity index (χ2v) is 5.28. The van der Waals surface area contributed by atoms with Gasteiger partial charge in [-0.05, 0) is 13.0 Å². The molecule has 1 aliphatic heterocycles. The summed E-state index contributed by atoms with van der Waals surface area (Å²) in [5.41, 5.74) is 0. The van der Waals surface area contributed by atoms with Crippen LogP contribution in [-0.2, 0) is 11.3 Å². The van der Waals surface area contributed by atoms with Gasteiger partial charge in [0.05, 0.1) is 6.54 Å². The van der Waals surface area contributed by atoms with E-state index in [-0.39, 0.29) is 23.7 Å². The molecule has 0 spiro atoms. The van der Waals surface area contributed by atoms with Crippen molar-refractivity contribution in [2.75, 3.05) is 18.8 Å². The first-order valence-electron chi connectivity index (χ1n) is 5.83. The van der Waals surface area contributed by atoms with Crippen LogP contribution in [0.2, 0.25) is 0 Å². The number of nitrogens with zero attached hydrogens (tertiary/aromatic N) is 3. The number of rotatable bonds is 5. The SMILES string of the molecule is C[C@H](Cn1cccn1)NC(=O)CN1CCSC1=O. The van der Waals surface area contributed by atoms with Crippen LogP contribution < -0.4 is 5.32 Å². The molecule has 0 radical (unpaired) electrons. The van der Waals surface area contributed by atoms with Crippen molar-refractivity contribution in [2.24, 2.45) is 0 Å². The summed E-state index contributed by atoms with van der Waals surface area (Å²) in [6.45, 7) is 3.35. The van der Waals surface area contributed by atoms with Crippen LogP contribution in [0, 0.1) is 0 Å². The zero-order valence-electron chi connectivity index (χ0n) is 10.2. The summed E-state index contributed by atoms with van der Waals surface area (Å²) in [7, 11) is 0. The number of hydrogen-bond donors (Lipinski definition) is 1. The van der Waals surface area contributed by atoms with Gasteiger partial charge in [0.1, 0.15) is 6.54 Å². The molecular formula is C11H16N4O2S. The summed E-state index contributed by atoms with van der Waals surface area (Å²) in [5, 5.41) is 6.93. The lowest BCUT2D eigenvalue weighted by Gasteiger charge is -2.17. The van der Waals surface area contributed by atoms with Crippen LogP contribution in [-0.4, -0.2) is 50.7 Å². The summed E-state index contributed by atoms with van der Waals surface area (Å²) < 4.78 is 1.77. The van der Waals surface area contributed by atoms with Crippen molar-refractivity contribution >= 4 is 22.9 Å². The number of hydrogen-bond acceptors (Lipinski definition) is 4. The smallest absolute Gasteiger partial charge is 0.282 e. The predicted molar refractivity (Wildman–Crippen MR) is 69.3 cm³/mol. The Labute approximate surface area is 110 Å². The van der Waals surface area contributed by atoms with Gasteiger partial charge in [0.15, 0.2) is 0 Å². The Hall–Kier alpha value is -1.50. The van der Waals surface area contributed by atoms with Crippen LogP contribution in [0.1, 0.15) is 6.92 Å². The van der Waals surface area contributed by atoms with Gasteiger partial charge in [-0.25, -0.2) is 0 Å². The quantitative estimate of drug-likeness (QED) is 0.847. The normalized spacial score (nSPS) is 16.9. The lowest BCUT2D eigenvalue weighted by molar-refractivity contribution is -0.122. The van der Waals surface area contributed by atoms with Gasteiger partial charge >= 0.3 is 0 Å². The summed E-state index contributed by atoms with van der Waals surface area (Å²) in [4.78, 5) is 24.7. The van der Waals surface area contributed by atoms with Gasteiger partial charge in [0.2, 0.25) is 5.91 Å². The van der Waals surface area contributed by atoms with Crippen LogP contribution in [0.5, 0.6) is 0 Å². The highest BCUT2D eigenvalue weighted by Gasteiger charge is 2.23. The summed E-state index contributed by atoms with van der Waals surface area (Å²) in [6.07, 6.45) is 3.55. The molecule has 2 heterocycles. The molecule has 1 N–H and O–H groups in total. The van der Waals surface area contributed by atoms with Crippen LogP contribution in [0.15, 0.2) is 18.5 Å². The van der Waals surface area contributed by atoms with Gasteiger partial charge < -0.3 is 10.2 Å². The van der Waals surface area contributed by atoms with E-state index in [0.717, 1.165) is 5.75 Å². The molecule has 18 heavy (non-hydrogen) atoms. The summed E-state index contributed by atoms with van der Waals surface area (Å²) in [5.74, 6) is 0.653. The van der Waals surface area contributed by atoms with Crippen molar-refractivity contribution in [3.8, 4) is 0 Å². The van der Waals surface area contributed by atoms with Gasteiger partial charge in [-0.1, -0.05) is 11.8 Å². The standard InChI is InChI=1S/C11H16N4O2S/c1-9(7-15-4-2-3-12-15)13-10(16)8-14-5-6-18-11(14)17/h2-4,9H,5-8H2,1H3,(H,13,16)/t9-/m1/s1. The average Bonchev–Trinajstić information content (AvgIpc) is 2.91. The highest BCUT2D eigenvalue weighted by molar-refractivity contribution is 8.13. The number of thioether (sulfide) groups is 1. The molecule has 1 atom stereocenters. The predicted octanol–water partition coefficient (Wildman–Crippen LogP) is 0.557. The van der Waals surface area contributed by atoms with Crippen LogP contribution in [0.4, 0.5) is 4.79 Å². The van der Waals surface area contributed by atoms with Crippen molar-refractivity contribution in [1.29, 1.82) is 0 Å². The summed E-state index contributed by atoms with van der Waals surface area (Å²) >= 11 is 1.26. The Morgan fingerprint density at radius 2 is 2.50 bits per heavy atom. The minimum atomic E-state index is -0.120. The van der Waals surface area contributed by atoms with E-state index in [0.29, 0.717) is 13.1 Å². The molecule has 1 aromatic heterocycles. The van der Waals surface area contributed by atoms with Crippen molar-refractivity contribution in [1.82, 2.24) is 20.0 Å². The molecule has 98 valence electrons. The van der Waals surface area contributed by atoms with Crippen LogP contribution in [0.3, 0.4) is 0 Å². The lowest BCUT2D eigenvalue weighted by Crippen LogP contribution is -2.42. The number of amides is 2. The molecule has 1 aliphatic rings. The number of carbonyl (C=O) groups is 2. The van der Waals surface area contributed by atoms with E-state index in [4.69, 9.17) is 0 Å². The maximum atomic E-state index is 11.7. The lowest BCUT2D eigenvalue weighted by atomic mass is 10.3. The fourth-order valence-electron chi connectivity index (χ4n) is 1.80. The maximum Gasteiger partial charge on any atom is 0.282 e. The Kier molecular flexibility index (Phi) is 4.24. The van der Waals surface area contributed by atoms with Crippen LogP contribution >= 0.6 is 11.8 Å². The first-order valence-corrected chi connectivity index (χ1v) is 6.82. The molecule has 2 amide bonds. The molecule has 0 aliphatic carbocycles. The first-order chi connectivity index (χ1) is 8.65. The molecular weight excluding hydrogens is 252 g/mol. The van der Waals surface area contributed by atoms with Gasteiger partial charge in [-0.15, -0.1) is 0 Å². The number of aromatic nitrogens is 2.